The monoisotopic (exact) mass is 274 g/mol. The molecule has 2 rings (SSSR count). The van der Waals surface area contributed by atoms with Crippen LogP contribution in [0.3, 0.4) is 0 Å². The van der Waals surface area contributed by atoms with E-state index in [1.165, 1.54) is 6.92 Å². The number of aromatic nitrogens is 1. The van der Waals surface area contributed by atoms with Gasteiger partial charge in [0.2, 0.25) is 0 Å². The summed E-state index contributed by atoms with van der Waals surface area (Å²) in [5.41, 5.74) is -2.05. The number of carboxylic acids is 1. The van der Waals surface area contributed by atoms with Crippen molar-refractivity contribution in [1.29, 1.82) is 0 Å². The predicted molar refractivity (Wildman–Crippen MR) is 61.6 cm³/mol. The van der Waals surface area contributed by atoms with Gasteiger partial charge in [-0.05, 0) is 37.8 Å². The molecule has 0 saturated heterocycles. The van der Waals surface area contributed by atoms with Crippen LogP contribution in [0.4, 0.5) is 19.0 Å². The molecule has 0 spiro atoms. The summed E-state index contributed by atoms with van der Waals surface area (Å²) in [5.74, 6) is -0.921. The zero-order chi connectivity index (χ0) is 14.3. The minimum atomic E-state index is -4.45. The molecule has 2 N–H and O–H groups in total. The van der Waals surface area contributed by atoms with E-state index in [9.17, 15) is 23.1 Å². The third-order valence-electron chi connectivity index (χ3n) is 3.32. The molecule has 0 radical (unpaired) electrons. The van der Waals surface area contributed by atoms with E-state index in [4.69, 9.17) is 0 Å². The van der Waals surface area contributed by atoms with Crippen LogP contribution in [0.15, 0.2) is 18.3 Å². The molecule has 1 aliphatic rings. The Hall–Kier alpha value is -1.79. The Kier molecular flexibility index (Phi) is 3.15. The third kappa shape index (κ3) is 2.80. The predicted octanol–water partition coefficient (Wildman–Crippen LogP) is 2.77. The average Bonchev–Trinajstić information content (AvgIpc) is 3.12. The lowest BCUT2D eigenvalue weighted by atomic mass is 9.96. The van der Waals surface area contributed by atoms with Gasteiger partial charge in [0.05, 0.1) is 5.56 Å². The quantitative estimate of drug-likeness (QED) is 0.886. The maximum Gasteiger partial charge on any atom is 0.417 e. The Morgan fingerprint density at radius 3 is 2.42 bits per heavy atom. The molecule has 1 atom stereocenters. The van der Waals surface area contributed by atoms with Crippen molar-refractivity contribution in [3.63, 3.8) is 0 Å². The van der Waals surface area contributed by atoms with Crippen molar-refractivity contribution in [3.8, 4) is 0 Å². The number of hydrogen-bond acceptors (Lipinski definition) is 3. The topological polar surface area (TPSA) is 62.2 Å². The number of carbonyl (C=O) groups is 1. The van der Waals surface area contributed by atoms with Gasteiger partial charge in [0.1, 0.15) is 11.4 Å². The van der Waals surface area contributed by atoms with Gasteiger partial charge >= 0.3 is 12.1 Å². The van der Waals surface area contributed by atoms with E-state index in [0.717, 1.165) is 25.0 Å². The molecule has 1 aliphatic carbocycles. The lowest BCUT2D eigenvalue weighted by Crippen LogP contribution is -2.45. The molecule has 0 bridgehead atoms. The fourth-order valence-electron chi connectivity index (χ4n) is 1.89. The Morgan fingerprint density at radius 1 is 1.42 bits per heavy atom. The van der Waals surface area contributed by atoms with Crippen LogP contribution in [0.5, 0.6) is 0 Å². The first-order chi connectivity index (χ1) is 8.73. The lowest BCUT2D eigenvalue weighted by molar-refractivity contribution is -0.142. The van der Waals surface area contributed by atoms with Gasteiger partial charge in [-0.15, -0.1) is 0 Å². The van der Waals surface area contributed by atoms with Crippen molar-refractivity contribution in [1.82, 2.24) is 4.98 Å². The summed E-state index contributed by atoms with van der Waals surface area (Å²) in [6.07, 6.45) is -2.18. The number of carboxylic acid groups (broad SMARTS) is 1. The number of anilines is 1. The standard InChI is InChI=1S/C12H13F3N2O2/c1-11(10(18)19,7-2-3-7)17-9-5-4-8(6-16-9)12(13,14)15/h4-7H,2-3H2,1H3,(H,16,17)(H,18,19). The molecule has 1 aromatic rings. The van der Waals surface area contributed by atoms with Crippen LogP contribution in [-0.4, -0.2) is 21.6 Å². The van der Waals surface area contributed by atoms with Gasteiger partial charge in [0.15, 0.2) is 0 Å². The summed E-state index contributed by atoms with van der Waals surface area (Å²) in [5, 5.41) is 11.9. The van der Waals surface area contributed by atoms with Gasteiger partial charge < -0.3 is 10.4 Å². The van der Waals surface area contributed by atoms with Gasteiger partial charge in [-0.3, -0.25) is 0 Å². The largest absolute Gasteiger partial charge is 0.480 e. The Bertz CT molecular complexity index is 483. The lowest BCUT2D eigenvalue weighted by Gasteiger charge is -2.26. The van der Waals surface area contributed by atoms with Gasteiger partial charge in [-0.25, -0.2) is 9.78 Å². The van der Waals surface area contributed by atoms with Crippen LogP contribution in [0.2, 0.25) is 0 Å². The molecule has 0 aromatic carbocycles. The van der Waals surface area contributed by atoms with E-state index in [-0.39, 0.29) is 11.7 Å². The molecule has 0 aliphatic heterocycles. The van der Waals surface area contributed by atoms with Crippen LogP contribution < -0.4 is 5.32 Å². The second-order valence-corrected chi connectivity index (χ2v) is 4.84. The molecular formula is C12H13F3N2O2. The van der Waals surface area contributed by atoms with E-state index in [1.807, 2.05) is 0 Å². The zero-order valence-corrected chi connectivity index (χ0v) is 10.2. The van der Waals surface area contributed by atoms with Crippen molar-refractivity contribution in [2.45, 2.75) is 31.5 Å². The highest BCUT2D eigenvalue weighted by molar-refractivity contribution is 5.82. The van der Waals surface area contributed by atoms with Crippen LogP contribution in [0.25, 0.3) is 0 Å². The first kappa shape index (κ1) is 13.6. The molecule has 7 heteroatoms. The maximum atomic E-state index is 12.4. The number of pyridine rings is 1. The summed E-state index contributed by atoms with van der Waals surface area (Å²) < 4.78 is 37.1. The smallest absolute Gasteiger partial charge is 0.417 e. The van der Waals surface area contributed by atoms with Crippen LogP contribution in [-0.2, 0) is 11.0 Å². The first-order valence-electron chi connectivity index (χ1n) is 5.78. The Morgan fingerprint density at radius 2 is 2.05 bits per heavy atom. The number of hydrogen-bond donors (Lipinski definition) is 2. The second kappa shape index (κ2) is 4.40. The minimum Gasteiger partial charge on any atom is -0.480 e. The molecule has 4 nitrogen and oxygen atoms in total. The number of aliphatic carboxylic acids is 1. The highest BCUT2D eigenvalue weighted by Gasteiger charge is 2.47. The summed E-state index contributed by atoms with van der Waals surface area (Å²) in [4.78, 5) is 14.9. The van der Waals surface area contributed by atoms with Crippen molar-refractivity contribution in [3.05, 3.63) is 23.9 Å². The van der Waals surface area contributed by atoms with E-state index < -0.39 is 23.2 Å². The molecule has 0 amide bonds. The first-order valence-corrected chi connectivity index (χ1v) is 5.78. The molecular weight excluding hydrogens is 261 g/mol. The molecule has 19 heavy (non-hydrogen) atoms. The van der Waals surface area contributed by atoms with E-state index in [0.29, 0.717) is 6.20 Å². The summed E-state index contributed by atoms with van der Waals surface area (Å²) in [6, 6.07) is 2.02. The van der Waals surface area contributed by atoms with E-state index in [1.54, 1.807) is 0 Å². The van der Waals surface area contributed by atoms with E-state index in [2.05, 4.69) is 10.3 Å². The molecule has 1 fully saturated rings. The van der Waals surface area contributed by atoms with Gasteiger partial charge in [0, 0.05) is 6.20 Å². The van der Waals surface area contributed by atoms with Gasteiger partial charge in [-0.1, -0.05) is 0 Å². The number of halogens is 3. The second-order valence-electron chi connectivity index (χ2n) is 4.84. The third-order valence-corrected chi connectivity index (χ3v) is 3.32. The highest BCUT2D eigenvalue weighted by Crippen LogP contribution is 2.41. The number of nitrogens with one attached hydrogen (secondary N) is 1. The van der Waals surface area contributed by atoms with Crippen LogP contribution in [0, 0.1) is 5.92 Å². The number of nitrogens with zero attached hydrogens (tertiary/aromatic N) is 1. The molecule has 1 saturated carbocycles. The molecule has 1 heterocycles. The number of alkyl halides is 3. The molecule has 1 aromatic heterocycles. The van der Waals surface area contributed by atoms with Crippen molar-refractivity contribution < 1.29 is 23.1 Å². The SMILES string of the molecule is CC(Nc1ccc(C(F)(F)F)cn1)(C(=O)O)C1CC1. The fourth-order valence-corrected chi connectivity index (χ4v) is 1.89. The molecule has 1 unspecified atom stereocenters. The maximum absolute atomic E-state index is 12.4. The van der Waals surface area contributed by atoms with Crippen LogP contribution >= 0.6 is 0 Å². The highest BCUT2D eigenvalue weighted by atomic mass is 19.4. The number of rotatable bonds is 4. The fraction of sp³-hybridized carbons (Fsp3) is 0.500. The van der Waals surface area contributed by atoms with Crippen molar-refractivity contribution >= 4 is 11.8 Å². The summed E-state index contributed by atoms with van der Waals surface area (Å²) >= 11 is 0. The average molecular weight is 274 g/mol. The Balaban J connectivity index is 2.17. The minimum absolute atomic E-state index is 0.0194. The van der Waals surface area contributed by atoms with Crippen molar-refractivity contribution in [2.24, 2.45) is 5.92 Å². The van der Waals surface area contributed by atoms with Crippen molar-refractivity contribution in [2.75, 3.05) is 5.32 Å². The zero-order valence-electron chi connectivity index (χ0n) is 10.2. The summed E-state index contributed by atoms with van der Waals surface area (Å²) in [7, 11) is 0. The summed E-state index contributed by atoms with van der Waals surface area (Å²) in [6.45, 7) is 1.52. The van der Waals surface area contributed by atoms with E-state index >= 15 is 0 Å². The van der Waals surface area contributed by atoms with Crippen LogP contribution in [0.1, 0.15) is 25.3 Å². The normalized spacial score (nSPS) is 18.7. The van der Waals surface area contributed by atoms with Gasteiger partial charge in [0.25, 0.3) is 0 Å². The van der Waals surface area contributed by atoms with Gasteiger partial charge in [-0.2, -0.15) is 13.2 Å². The Labute approximate surface area is 107 Å². The molecule has 104 valence electrons.